The molecule has 0 atom stereocenters. The molecule has 0 aromatic heterocycles. The van der Waals surface area contributed by atoms with Crippen molar-refractivity contribution in [2.75, 3.05) is 22.2 Å². The van der Waals surface area contributed by atoms with Crippen molar-refractivity contribution in [3.8, 4) is 0 Å². The molecule has 0 nitrogen and oxygen atoms in total. The Morgan fingerprint density at radius 2 is 1.71 bits per heavy atom. The maximum absolute atomic E-state index is 3.67. The highest BCUT2D eigenvalue weighted by Crippen LogP contribution is 2.34. The molecule has 0 saturated heterocycles. The monoisotopic (exact) mass is 344 g/mol. The quantitative estimate of drug-likeness (QED) is 0.414. The zero-order valence-corrected chi connectivity index (χ0v) is 13.3. The number of thioether (sulfide) groups is 1. The maximum atomic E-state index is 3.67. The summed E-state index contributed by atoms with van der Waals surface area (Å²) in [5, 5.41) is 2.27. The summed E-state index contributed by atoms with van der Waals surface area (Å²) in [4.78, 5) is 0. The topological polar surface area (TPSA) is 0 Å². The van der Waals surface area contributed by atoms with Crippen molar-refractivity contribution in [1.29, 1.82) is 0 Å². The van der Waals surface area contributed by atoms with Crippen LogP contribution in [0.1, 0.15) is 39.5 Å². The fourth-order valence-corrected chi connectivity index (χ4v) is 4.34. The van der Waals surface area contributed by atoms with Crippen molar-refractivity contribution in [3.05, 3.63) is 0 Å². The Labute approximate surface area is 110 Å². The van der Waals surface area contributed by atoms with Gasteiger partial charge in [0.2, 0.25) is 0 Å². The van der Waals surface area contributed by atoms with E-state index >= 15 is 0 Å². The fourth-order valence-electron chi connectivity index (χ4n) is 1.65. The maximum Gasteiger partial charge on any atom is 0.00959 e. The summed E-state index contributed by atoms with van der Waals surface area (Å²) in [5.74, 6) is 2.57. The van der Waals surface area contributed by atoms with Crippen molar-refractivity contribution in [3.63, 3.8) is 0 Å². The third-order valence-corrected chi connectivity index (χ3v) is 5.91. The molecule has 0 aromatic rings. The van der Waals surface area contributed by atoms with Crippen LogP contribution in [0.25, 0.3) is 0 Å². The van der Waals surface area contributed by atoms with Gasteiger partial charge in [0.1, 0.15) is 0 Å². The van der Waals surface area contributed by atoms with Crippen LogP contribution in [0, 0.1) is 5.41 Å². The lowest BCUT2D eigenvalue weighted by molar-refractivity contribution is 0.323. The molecule has 0 aliphatic heterocycles. The molecule has 3 heteroatoms. The highest BCUT2D eigenvalue weighted by atomic mass is 79.9. The number of hydrogen-bond donors (Lipinski definition) is 0. The highest BCUT2D eigenvalue weighted by molar-refractivity contribution is 9.09. The Bertz CT molecular complexity index is 124. The van der Waals surface area contributed by atoms with Crippen LogP contribution in [0.5, 0.6) is 0 Å². The van der Waals surface area contributed by atoms with E-state index in [4.69, 9.17) is 0 Å². The summed E-state index contributed by atoms with van der Waals surface area (Å²) in [6.45, 7) is 4.51. The molecule has 0 saturated carbocycles. The van der Waals surface area contributed by atoms with Crippen LogP contribution < -0.4 is 0 Å². The third kappa shape index (κ3) is 6.02. The van der Waals surface area contributed by atoms with Gasteiger partial charge in [0.05, 0.1) is 0 Å². The van der Waals surface area contributed by atoms with Crippen LogP contribution in [-0.4, -0.2) is 22.2 Å². The van der Waals surface area contributed by atoms with Gasteiger partial charge in [0.15, 0.2) is 0 Å². The minimum absolute atomic E-state index is 0.503. The lowest BCUT2D eigenvalue weighted by atomic mass is 9.83. The first-order valence-electron chi connectivity index (χ1n) is 5.44. The first-order chi connectivity index (χ1) is 6.74. The first-order valence-corrected chi connectivity index (χ1v) is 8.84. The molecule has 14 heavy (non-hydrogen) atoms. The van der Waals surface area contributed by atoms with E-state index in [0.29, 0.717) is 5.41 Å². The molecule has 0 radical (unpaired) electrons. The summed E-state index contributed by atoms with van der Waals surface area (Å²) in [6, 6.07) is 0. The SMILES string of the molecule is CCCC(CBr)(CBr)CCCSCC. The third-order valence-electron chi connectivity index (χ3n) is 2.55. The van der Waals surface area contributed by atoms with E-state index in [1.807, 2.05) is 0 Å². The van der Waals surface area contributed by atoms with Crippen LogP contribution in [0.4, 0.5) is 0 Å². The van der Waals surface area contributed by atoms with Crippen molar-refractivity contribution in [1.82, 2.24) is 0 Å². The zero-order chi connectivity index (χ0) is 10.9. The van der Waals surface area contributed by atoms with Crippen LogP contribution in [0.3, 0.4) is 0 Å². The van der Waals surface area contributed by atoms with Crippen molar-refractivity contribution < 1.29 is 0 Å². The van der Waals surface area contributed by atoms with Crippen LogP contribution in [0.2, 0.25) is 0 Å². The largest absolute Gasteiger partial charge is 0.162 e. The highest BCUT2D eigenvalue weighted by Gasteiger charge is 2.25. The molecular formula is C11H22Br2S. The van der Waals surface area contributed by atoms with Gasteiger partial charge >= 0.3 is 0 Å². The van der Waals surface area contributed by atoms with E-state index in [1.165, 1.54) is 37.2 Å². The molecule has 0 heterocycles. The van der Waals surface area contributed by atoms with Gasteiger partial charge in [-0.2, -0.15) is 11.8 Å². The number of rotatable bonds is 9. The van der Waals surface area contributed by atoms with E-state index in [9.17, 15) is 0 Å². The Morgan fingerprint density at radius 3 is 2.14 bits per heavy atom. The van der Waals surface area contributed by atoms with Gasteiger partial charge in [-0.15, -0.1) is 0 Å². The first kappa shape index (κ1) is 15.3. The average Bonchev–Trinajstić information content (AvgIpc) is 2.23. The second kappa shape index (κ2) is 9.53. The molecular weight excluding hydrogens is 324 g/mol. The average molecular weight is 346 g/mol. The summed E-state index contributed by atoms with van der Waals surface area (Å²) in [7, 11) is 0. The molecule has 86 valence electrons. The molecule has 0 N–H and O–H groups in total. The molecule has 0 fully saturated rings. The normalized spacial score (nSPS) is 12.0. The summed E-state index contributed by atoms with van der Waals surface area (Å²) < 4.78 is 0. The molecule has 0 spiro atoms. The van der Waals surface area contributed by atoms with Crippen molar-refractivity contribution in [2.45, 2.75) is 39.5 Å². The number of halogens is 2. The van der Waals surface area contributed by atoms with Crippen molar-refractivity contribution >= 4 is 43.6 Å². The van der Waals surface area contributed by atoms with Gasteiger partial charge < -0.3 is 0 Å². The molecule has 0 aliphatic rings. The summed E-state index contributed by atoms with van der Waals surface area (Å²) >= 11 is 9.39. The van der Waals surface area contributed by atoms with E-state index in [2.05, 4.69) is 57.5 Å². The van der Waals surface area contributed by atoms with Gasteiger partial charge in [-0.25, -0.2) is 0 Å². The Morgan fingerprint density at radius 1 is 1.07 bits per heavy atom. The smallest absolute Gasteiger partial charge is 0.00959 e. The van der Waals surface area contributed by atoms with Gasteiger partial charge in [0.25, 0.3) is 0 Å². The molecule has 0 bridgehead atoms. The molecule has 0 aromatic carbocycles. The lowest BCUT2D eigenvalue weighted by Crippen LogP contribution is -2.24. The van der Waals surface area contributed by atoms with Crippen LogP contribution >= 0.6 is 43.6 Å². The number of alkyl halides is 2. The van der Waals surface area contributed by atoms with Gasteiger partial charge in [-0.05, 0) is 36.2 Å². The van der Waals surface area contributed by atoms with Gasteiger partial charge in [-0.3, -0.25) is 0 Å². The second-order valence-electron chi connectivity index (χ2n) is 3.82. The van der Waals surface area contributed by atoms with Gasteiger partial charge in [-0.1, -0.05) is 52.1 Å². The zero-order valence-electron chi connectivity index (χ0n) is 9.32. The molecule has 0 rings (SSSR count). The second-order valence-corrected chi connectivity index (χ2v) is 6.33. The summed E-state index contributed by atoms with van der Waals surface area (Å²) in [6.07, 6.45) is 5.33. The number of hydrogen-bond acceptors (Lipinski definition) is 1. The fraction of sp³-hybridized carbons (Fsp3) is 1.00. The minimum Gasteiger partial charge on any atom is -0.162 e. The Kier molecular flexibility index (Phi) is 10.4. The van der Waals surface area contributed by atoms with Gasteiger partial charge in [0, 0.05) is 10.7 Å². The Balaban J connectivity index is 3.82. The summed E-state index contributed by atoms with van der Waals surface area (Å²) in [5.41, 5.74) is 0.503. The van der Waals surface area contributed by atoms with Crippen LogP contribution in [0.15, 0.2) is 0 Å². The molecule has 0 amide bonds. The van der Waals surface area contributed by atoms with Crippen molar-refractivity contribution in [2.24, 2.45) is 5.41 Å². The standard InChI is InChI=1S/C11H22Br2S/c1-3-6-11(9-12,10-13)7-5-8-14-4-2/h3-10H2,1-2H3. The van der Waals surface area contributed by atoms with E-state index in [-0.39, 0.29) is 0 Å². The molecule has 0 aliphatic carbocycles. The van der Waals surface area contributed by atoms with E-state index in [0.717, 1.165) is 10.7 Å². The predicted octanol–water partition coefficient (Wildman–Crippen LogP) is 5.10. The lowest BCUT2D eigenvalue weighted by Gasteiger charge is -2.29. The molecule has 0 unspecified atom stereocenters. The van der Waals surface area contributed by atoms with E-state index < -0.39 is 0 Å². The predicted molar refractivity (Wildman–Crippen MR) is 77.2 cm³/mol. The Hall–Kier alpha value is 1.31. The minimum atomic E-state index is 0.503. The van der Waals surface area contributed by atoms with E-state index in [1.54, 1.807) is 0 Å². The van der Waals surface area contributed by atoms with Crippen LogP contribution in [-0.2, 0) is 0 Å².